The monoisotopic (exact) mass is 273 g/mol. The van der Waals surface area contributed by atoms with E-state index in [1.165, 1.54) is 0 Å². The second-order valence-corrected chi connectivity index (χ2v) is 4.54. The van der Waals surface area contributed by atoms with E-state index in [4.69, 9.17) is 9.47 Å². The van der Waals surface area contributed by atoms with Gasteiger partial charge in [0.25, 0.3) is 0 Å². The Morgan fingerprint density at radius 2 is 1.90 bits per heavy atom. The zero-order valence-corrected chi connectivity index (χ0v) is 11.8. The van der Waals surface area contributed by atoms with E-state index in [1.54, 1.807) is 26.5 Å². The Labute approximate surface area is 119 Å². The summed E-state index contributed by atoms with van der Waals surface area (Å²) in [6, 6.07) is 9.23. The smallest absolute Gasteiger partial charge is 0.142 e. The molecule has 0 saturated heterocycles. The maximum atomic E-state index is 10.1. The molecule has 4 nitrogen and oxygen atoms in total. The molecule has 0 fully saturated rings. The fourth-order valence-electron chi connectivity index (χ4n) is 2.02. The first-order valence-corrected chi connectivity index (χ1v) is 6.56. The molecule has 1 heterocycles. The van der Waals surface area contributed by atoms with Crippen LogP contribution in [0.1, 0.15) is 12.0 Å². The normalized spacial score (nSPS) is 10.5. The van der Waals surface area contributed by atoms with E-state index < -0.39 is 0 Å². The predicted molar refractivity (Wildman–Crippen MR) is 78.1 cm³/mol. The molecule has 4 heteroatoms. The minimum Gasteiger partial charge on any atom is -0.506 e. The van der Waals surface area contributed by atoms with Crippen molar-refractivity contribution in [3.05, 3.63) is 42.1 Å². The van der Waals surface area contributed by atoms with E-state index in [2.05, 4.69) is 4.98 Å². The van der Waals surface area contributed by atoms with Gasteiger partial charge in [-0.2, -0.15) is 0 Å². The van der Waals surface area contributed by atoms with E-state index in [0.717, 1.165) is 29.7 Å². The summed E-state index contributed by atoms with van der Waals surface area (Å²) in [6.07, 6.45) is 3.56. The van der Waals surface area contributed by atoms with E-state index in [-0.39, 0.29) is 5.75 Å². The van der Waals surface area contributed by atoms with Gasteiger partial charge in [0.2, 0.25) is 0 Å². The molecule has 1 N–H and O–H groups in total. The van der Waals surface area contributed by atoms with Gasteiger partial charge < -0.3 is 14.6 Å². The zero-order chi connectivity index (χ0) is 14.4. The van der Waals surface area contributed by atoms with Crippen LogP contribution < -0.4 is 4.74 Å². The van der Waals surface area contributed by atoms with Crippen LogP contribution in [0.4, 0.5) is 0 Å². The van der Waals surface area contributed by atoms with Gasteiger partial charge >= 0.3 is 0 Å². The molecule has 0 saturated carbocycles. The largest absolute Gasteiger partial charge is 0.506 e. The number of aromatic nitrogens is 1. The molecule has 0 aliphatic heterocycles. The topological polar surface area (TPSA) is 51.6 Å². The van der Waals surface area contributed by atoms with Crippen LogP contribution in [0, 0.1) is 0 Å². The third-order valence-corrected chi connectivity index (χ3v) is 3.10. The molecule has 20 heavy (non-hydrogen) atoms. The van der Waals surface area contributed by atoms with E-state index in [9.17, 15) is 5.11 Å². The van der Waals surface area contributed by atoms with Gasteiger partial charge in [0.05, 0.1) is 7.11 Å². The van der Waals surface area contributed by atoms with Gasteiger partial charge in [0.15, 0.2) is 0 Å². The van der Waals surface area contributed by atoms with Crippen molar-refractivity contribution in [2.45, 2.75) is 12.8 Å². The van der Waals surface area contributed by atoms with Crippen LogP contribution >= 0.6 is 0 Å². The minimum atomic E-state index is 0.199. The van der Waals surface area contributed by atoms with Gasteiger partial charge in [-0.15, -0.1) is 0 Å². The number of nitrogens with zero attached hydrogens (tertiary/aromatic N) is 1. The summed E-state index contributed by atoms with van der Waals surface area (Å²) in [5, 5.41) is 10.1. The van der Waals surface area contributed by atoms with Crippen LogP contribution in [0.2, 0.25) is 0 Å². The number of methoxy groups -OCH3 is 2. The Morgan fingerprint density at radius 1 is 1.15 bits per heavy atom. The van der Waals surface area contributed by atoms with Crippen molar-refractivity contribution in [1.29, 1.82) is 0 Å². The summed E-state index contributed by atoms with van der Waals surface area (Å²) in [6.45, 7) is 0.709. The van der Waals surface area contributed by atoms with Gasteiger partial charge in [-0.3, -0.25) is 4.98 Å². The van der Waals surface area contributed by atoms with Crippen molar-refractivity contribution in [1.82, 2.24) is 4.98 Å². The highest BCUT2D eigenvalue weighted by Crippen LogP contribution is 2.29. The van der Waals surface area contributed by atoms with Crippen LogP contribution in [-0.4, -0.2) is 30.9 Å². The van der Waals surface area contributed by atoms with Crippen LogP contribution in [0.15, 0.2) is 36.5 Å². The average molecular weight is 273 g/mol. The molecule has 0 aliphatic carbocycles. The SMILES string of the molecule is COCCCc1cnc(-c2ccc(OC)cc2)c(O)c1. The molecule has 0 atom stereocenters. The van der Waals surface area contributed by atoms with Crippen LogP contribution in [0.25, 0.3) is 11.3 Å². The highest BCUT2D eigenvalue weighted by molar-refractivity contribution is 5.66. The third-order valence-electron chi connectivity index (χ3n) is 3.10. The van der Waals surface area contributed by atoms with Gasteiger partial charge in [-0.05, 0) is 48.7 Å². The molecule has 2 rings (SSSR count). The Balaban J connectivity index is 2.15. The van der Waals surface area contributed by atoms with Crippen LogP contribution in [-0.2, 0) is 11.2 Å². The molecule has 0 bridgehead atoms. The third kappa shape index (κ3) is 3.48. The second-order valence-electron chi connectivity index (χ2n) is 4.54. The maximum absolute atomic E-state index is 10.1. The number of aryl methyl sites for hydroxylation is 1. The Kier molecular flexibility index (Phi) is 4.96. The Bertz CT molecular complexity index is 552. The van der Waals surface area contributed by atoms with Gasteiger partial charge in [-0.1, -0.05) is 0 Å². The lowest BCUT2D eigenvalue weighted by molar-refractivity contribution is 0.195. The highest BCUT2D eigenvalue weighted by atomic mass is 16.5. The number of hydrogen-bond acceptors (Lipinski definition) is 4. The van der Waals surface area contributed by atoms with E-state index in [0.29, 0.717) is 12.3 Å². The number of ether oxygens (including phenoxy) is 2. The lowest BCUT2D eigenvalue weighted by Gasteiger charge is -2.07. The molecular formula is C16H19NO3. The van der Waals surface area contributed by atoms with Gasteiger partial charge in [0, 0.05) is 25.5 Å². The Morgan fingerprint density at radius 3 is 2.50 bits per heavy atom. The number of pyridine rings is 1. The van der Waals surface area contributed by atoms with E-state index >= 15 is 0 Å². The standard InChI is InChI=1S/C16H19NO3/c1-19-9-3-4-12-10-15(18)16(17-11-12)13-5-7-14(20-2)8-6-13/h5-8,10-11,18H,3-4,9H2,1-2H3. The molecule has 1 aromatic heterocycles. The maximum Gasteiger partial charge on any atom is 0.142 e. The van der Waals surface area contributed by atoms with Crippen molar-refractivity contribution in [3.8, 4) is 22.8 Å². The van der Waals surface area contributed by atoms with Crippen molar-refractivity contribution in [2.75, 3.05) is 20.8 Å². The lowest BCUT2D eigenvalue weighted by atomic mass is 10.1. The average Bonchev–Trinajstić information content (AvgIpc) is 2.48. The lowest BCUT2D eigenvalue weighted by Crippen LogP contribution is -1.94. The molecule has 0 radical (unpaired) electrons. The number of aromatic hydroxyl groups is 1. The highest BCUT2D eigenvalue weighted by Gasteiger charge is 2.07. The minimum absolute atomic E-state index is 0.199. The number of rotatable bonds is 6. The van der Waals surface area contributed by atoms with Crippen molar-refractivity contribution >= 4 is 0 Å². The first kappa shape index (κ1) is 14.3. The first-order chi connectivity index (χ1) is 9.74. The van der Waals surface area contributed by atoms with Crippen LogP contribution in [0.5, 0.6) is 11.5 Å². The quantitative estimate of drug-likeness (QED) is 0.822. The molecule has 2 aromatic rings. The zero-order valence-electron chi connectivity index (χ0n) is 11.8. The number of benzene rings is 1. The predicted octanol–water partition coefficient (Wildman–Crippen LogP) is 3.04. The molecule has 1 aromatic carbocycles. The van der Waals surface area contributed by atoms with Crippen molar-refractivity contribution in [3.63, 3.8) is 0 Å². The van der Waals surface area contributed by atoms with Crippen LogP contribution in [0.3, 0.4) is 0 Å². The molecule has 0 aliphatic rings. The molecule has 0 spiro atoms. The van der Waals surface area contributed by atoms with Gasteiger partial charge in [-0.25, -0.2) is 0 Å². The van der Waals surface area contributed by atoms with Crippen molar-refractivity contribution in [2.24, 2.45) is 0 Å². The van der Waals surface area contributed by atoms with Gasteiger partial charge in [0.1, 0.15) is 17.2 Å². The molecule has 0 unspecified atom stereocenters. The summed E-state index contributed by atoms with van der Waals surface area (Å²) < 4.78 is 10.1. The fourth-order valence-corrected chi connectivity index (χ4v) is 2.02. The summed E-state index contributed by atoms with van der Waals surface area (Å²) in [5.74, 6) is 0.981. The van der Waals surface area contributed by atoms with E-state index in [1.807, 2.05) is 24.3 Å². The fraction of sp³-hybridized carbons (Fsp3) is 0.312. The molecule has 106 valence electrons. The summed E-state index contributed by atoms with van der Waals surface area (Å²) in [7, 11) is 3.31. The first-order valence-electron chi connectivity index (χ1n) is 6.56. The second kappa shape index (κ2) is 6.91. The summed E-state index contributed by atoms with van der Waals surface area (Å²) >= 11 is 0. The number of hydrogen-bond donors (Lipinski definition) is 1. The summed E-state index contributed by atoms with van der Waals surface area (Å²) in [4.78, 5) is 4.35. The molecular weight excluding hydrogens is 254 g/mol. The Hall–Kier alpha value is -2.07. The molecule has 0 amide bonds. The summed E-state index contributed by atoms with van der Waals surface area (Å²) in [5.41, 5.74) is 2.46. The van der Waals surface area contributed by atoms with Crippen molar-refractivity contribution < 1.29 is 14.6 Å².